The van der Waals surface area contributed by atoms with Gasteiger partial charge in [0.25, 0.3) is 5.91 Å². The summed E-state index contributed by atoms with van der Waals surface area (Å²) in [5.41, 5.74) is 1.28. The molecule has 0 unspecified atom stereocenters. The van der Waals surface area contributed by atoms with Gasteiger partial charge in [0.05, 0.1) is 13.7 Å². The lowest BCUT2D eigenvalue weighted by Gasteiger charge is -2.30. The minimum absolute atomic E-state index is 0.0721. The van der Waals surface area contributed by atoms with Gasteiger partial charge >= 0.3 is 0 Å². The van der Waals surface area contributed by atoms with Gasteiger partial charge in [-0.1, -0.05) is 54.6 Å². The molecule has 0 saturated heterocycles. The zero-order valence-corrected chi connectivity index (χ0v) is 23.6. The normalized spacial score (nSPS) is 18.1. The van der Waals surface area contributed by atoms with Gasteiger partial charge in [-0.25, -0.2) is 4.99 Å². The predicted octanol–water partition coefficient (Wildman–Crippen LogP) is 4.97. The van der Waals surface area contributed by atoms with Crippen molar-refractivity contribution in [2.45, 2.75) is 30.9 Å². The molecule has 0 saturated carbocycles. The zero-order chi connectivity index (χ0) is 28.9. The van der Waals surface area contributed by atoms with Gasteiger partial charge in [0.2, 0.25) is 5.90 Å². The van der Waals surface area contributed by atoms with Crippen LogP contribution in [0.5, 0.6) is 11.5 Å². The number of aliphatic hydroxyl groups excluding tert-OH is 1. The molecule has 1 aliphatic heterocycles. The summed E-state index contributed by atoms with van der Waals surface area (Å²) in [4.78, 5) is 19.1. The average Bonchev–Trinajstić information content (AvgIpc) is 3.41. The van der Waals surface area contributed by atoms with E-state index in [4.69, 9.17) is 29.0 Å². The molecule has 3 aromatic carbocycles. The number of methoxy groups -OCH3 is 2. The number of hydrogen-bond donors (Lipinski definition) is 2. The highest BCUT2D eigenvalue weighted by Gasteiger charge is 2.52. The second-order valence-electron chi connectivity index (χ2n) is 9.69. The minimum atomic E-state index is -1.27. The molecular weight excluding hydrogens is 520 g/mol. The standard InChI is InChI=1S/C33H38N2O6/c1-38-22-8-20-34-32(37)33(19-7-12-25-10-4-3-5-11-25)30(27-13-6-14-29(24-27)39-2)41-31(35-33)26-15-17-28(18-16-26)40-23-9-21-36/h3-7,10-18,24,30,36H,8-9,19-23H2,1-2H3,(H,34,37)/b12-7+/t30-,33-/m1/s1. The van der Waals surface area contributed by atoms with Gasteiger partial charge in [0, 0.05) is 45.3 Å². The number of nitrogens with zero attached hydrogens (tertiary/aromatic N) is 1. The Morgan fingerprint density at radius 3 is 2.54 bits per heavy atom. The topological polar surface area (TPSA) is 98.6 Å². The van der Waals surface area contributed by atoms with E-state index in [1.807, 2.05) is 91.0 Å². The van der Waals surface area contributed by atoms with E-state index in [9.17, 15) is 4.79 Å². The Morgan fingerprint density at radius 2 is 1.80 bits per heavy atom. The van der Waals surface area contributed by atoms with Gasteiger partial charge in [-0.15, -0.1) is 0 Å². The number of amides is 1. The third kappa shape index (κ3) is 7.74. The summed E-state index contributed by atoms with van der Waals surface area (Å²) in [5, 5.41) is 12.1. The van der Waals surface area contributed by atoms with Crippen LogP contribution < -0.4 is 14.8 Å². The lowest BCUT2D eigenvalue weighted by Crippen LogP contribution is -2.48. The largest absolute Gasteiger partial charge is 0.497 e. The number of hydrogen-bond acceptors (Lipinski definition) is 7. The molecule has 216 valence electrons. The van der Waals surface area contributed by atoms with E-state index in [-0.39, 0.29) is 12.5 Å². The van der Waals surface area contributed by atoms with E-state index in [1.165, 1.54) is 0 Å². The van der Waals surface area contributed by atoms with E-state index in [1.54, 1.807) is 14.2 Å². The van der Waals surface area contributed by atoms with Crippen molar-refractivity contribution in [2.75, 3.05) is 40.6 Å². The number of rotatable bonds is 15. The number of aliphatic imine (C=N–C) groups is 1. The van der Waals surface area contributed by atoms with E-state index in [0.29, 0.717) is 56.4 Å². The second kappa shape index (κ2) is 15.0. The lowest BCUT2D eigenvalue weighted by molar-refractivity contribution is -0.128. The van der Waals surface area contributed by atoms with Crippen molar-refractivity contribution in [2.24, 2.45) is 4.99 Å². The molecule has 8 heteroatoms. The second-order valence-corrected chi connectivity index (χ2v) is 9.69. The highest BCUT2D eigenvalue weighted by atomic mass is 16.5. The van der Waals surface area contributed by atoms with Crippen molar-refractivity contribution in [1.82, 2.24) is 5.32 Å². The summed E-state index contributed by atoms with van der Waals surface area (Å²) >= 11 is 0. The molecule has 0 fully saturated rings. The molecule has 1 aliphatic rings. The molecule has 0 spiro atoms. The number of ether oxygens (including phenoxy) is 4. The van der Waals surface area contributed by atoms with Crippen LogP contribution in [0.25, 0.3) is 6.08 Å². The fraction of sp³-hybridized carbons (Fsp3) is 0.333. The predicted molar refractivity (Wildman–Crippen MR) is 159 cm³/mol. The van der Waals surface area contributed by atoms with Crippen molar-refractivity contribution in [3.63, 3.8) is 0 Å². The molecule has 41 heavy (non-hydrogen) atoms. The Balaban J connectivity index is 1.72. The van der Waals surface area contributed by atoms with E-state index in [0.717, 1.165) is 16.7 Å². The summed E-state index contributed by atoms with van der Waals surface area (Å²) in [5.74, 6) is 1.49. The summed E-state index contributed by atoms with van der Waals surface area (Å²) in [6.45, 7) is 1.48. The Hall–Kier alpha value is -4.14. The summed E-state index contributed by atoms with van der Waals surface area (Å²) < 4.78 is 22.9. The van der Waals surface area contributed by atoms with Crippen LogP contribution in [0.2, 0.25) is 0 Å². The lowest BCUT2D eigenvalue weighted by atomic mass is 9.84. The molecule has 0 bridgehead atoms. The quantitative estimate of drug-likeness (QED) is 0.256. The van der Waals surface area contributed by atoms with Gasteiger partial charge in [-0.3, -0.25) is 4.79 Å². The van der Waals surface area contributed by atoms with Crippen LogP contribution in [0.1, 0.15) is 42.1 Å². The molecule has 2 atom stereocenters. The SMILES string of the molecule is COCCCNC(=O)[C@]1(C/C=C/c2ccccc2)N=C(c2ccc(OCCCO)cc2)O[C@@H]1c1cccc(OC)c1. The fourth-order valence-electron chi connectivity index (χ4n) is 4.63. The Bertz CT molecular complexity index is 1310. The Kier molecular flexibility index (Phi) is 10.9. The van der Waals surface area contributed by atoms with Crippen LogP contribution in [0.4, 0.5) is 0 Å². The van der Waals surface area contributed by atoms with Gasteiger partial charge < -0.3 is 29.4 Å². The first-order chi connectivity index (χ1) is 20.1. The van der Waals surface area contributed by atoms with Crippen LogP contribution in [0, 0.1) is 0 Å². The van der Waals surface area contributed by atoms with Crippen LogP contribution in [0.3, 0.4) is 0 Å². The maximum absolute atomic E-state index is 14.0. The molecule has 4 rings (SSSR count). The number of carbonyl (C=O) groups is 1. The van der Waals surface area contributed by atoms with Crippen molar-refractivity contribution >= 4 is 17.9 Å². The summed E-state index contributed by atoms with van der Waals surface area (Å²) in [7, 11) is 3.25. The van der Waals surface area contributed by atoms with Crippen LogP contribution in [-0.4, -0.2) is 63.0 Å². The number of benzene rings is 3. The highest BCUT2D eigenvalue weighted by molar-refractivity contribution is 6.01. The van der Waals surface area contributed by atoms with E-state index < -0.39 is 11.6 Å². The number of nitrogens with one attached hydrogen (secondary N) is 1. The molecule has 0 aliphatic carbocycles. The smallest absolute Gasteiger partial charge is 0.252 e. The molecule has 0 aromatic heterocycles. The molecule has 1 amide bonds. The first kappa shape index (κ1) is 29.8. The molecule has 1 heterocycles. The Morgan fingerprint density at radius 1 is 1.00 bits per heavy atom. The van der Waals surface area contributed by atoms with Gasteiger partial charge in [0.1, 0.15) is 11.5 Å². The van der Waals surface area contributed by atoms with E-state index >= 15 is 0 Å². The third-order valence-corrected chi connectivity index (χ3v) is 6.78. The molecule has 3 aromatic rings. The van der Waals surface area contributed by atoms with Crippen molar-refractivity contribution in [3.05, 3.63) is 102 Å². The van der Waals surface area contributed by atoms with Crippen LogP contribution >= 0.6 is 0 Å². The zero-order valence-electron chi connectivity index (χ0n) is 23.6. The maximum atomic E-state index is 14.0. The van der Waals surface area contributed by atoms with Gasteiger partial charge in [-0.05, 0) is 53.9 Å². The average molecular weight is 559 g/mol. The fourth-order valence-corrected chi connectivity index (χ4v) is 4.63. The maximum Gasteiger partial charge on any atom is 0.252 e. The first-order valence-electron chi connectivity index (χ1n) is 13.8. The summed E-state index contributed by atoms with van der Waals surface area (Å²) in [6.07, 6.45) is 4.82. The van der Waals surface area contributed by atoms with Crippen molar-refractivity contribution in [1.29, 1.82) is 0 Å². The number of carbonyl (C=O) groups excluding carboxylic acids is 1. The van der Waals surface area contributed by atoms with Gasteiger partial charge in [0.15, 0.2) is 11.6 Å². The van der Waals surface area contributed by atoms with E-state index in [2.05, 4.69) is 5.32 Å². The van der Waals surface area contributed by atoms with Crippen LogP contribution in [-0.2, 0) is 14.3 Å². The van der Waals surface area contributed by atoms with Crippen molar-refractivity contribution < 1.29 is 28.8 Å². The molecule has 0 radical (unpaired) electrons. The Labute approximate surface area is 241 Å². The first-order valence-corrected chi connectivity index (χ1v) is 13.8. The molecule has 2 N–H and O–H groups in total. The summed E-state index contributed by atoms with van der Waals surface area (Å²) in [6, 6.07) is 24.9. The highest BCUT2D eigenvalue weighted by Crippen LogP contribution is 2.43. The third-order valence-electron chi connectivity index (χ3n) is 6.78. The van der Waals surface area contributed by atoms with Crippen LogP contribution in [0.15, 0.2) is 89.9 Å². The monoisotopic (exact) mass is 558 g/mol. The molecule has 8 nitrogen and oxygen atoms in total. The number of aliphatic hydroxyl groups is 1. The molecular formula is C33H38N2O6. The van der Waals surface area contributed by atoms with Crippen molar-refractivity contribution in [3.8, 4) is 11.5 Å². The van der Waals surface area contributed by atoms with Gasteiger partial charge in [-0.2, -0.15) is 0 Å². The minimum Gasteiger partial charge on any atom is -0.497 e.